The molecule has 3 rings (SSSR count). The van der Waals surface area contributed by atoms with Gasteiger partial charge in [0.2, 0.25) is 5.91 Å². The fourth-order valence-corrected chi connectivity index (χ4v) is 11.5. The number of allylic oxidation sites excluding steroid dienone is 3. The molecule has 3 fully saturated rings. The van der Waals surface area contributed by atoms with Gasteiger partial charge in [0.05, 0.1) is 38.6 Å². The largest absolute Gasteiger partial charge is 0.394 e. The molecule has 3 aliphatic rings. The molecular weight excluding hydrogens is 1080 g/mol. The van der Waals surface area contributed by atoms with Crippen LogP contribution in [0.1, 0.15) is 251 Å². The smallest absolute Gasteiger partial charge is 0.220 e. The van der Waals surface area contributed by atoms with Crippen molar-refractivity contribution in [1.29, 1.82) is 0 Å². The molecule has 0 aromatic rings. The van der Waals surface area contributed by atoms with E-state index in [1.54, 1.807) is 6.08 Å². The summed E-state index contributed by atoms with van der Waals surface area (Å²) in [6, 6.07) is -0.974. The van der Waals surface area contributed by atoms with Gasteiger partial charge in [-0.05, 0) is 38.5 Å². The molecule has 0 aliphatic carbocycles. The third-order valence-corrected chi connectivity index (χ3v) is 17.0. The van der Waals surface area contributed by atoms with Gasteiger partial charge in [-0.1, -0.05) is 231 Å². The summed E-state index contributed by atoms with van der Waals surface area (Å²) >= 11 is 0. The minimum absolute atomic E-state index is 0.234. The first kappa shape index (κ1) is 76.5. The summed E-state index contributed by atoms with van der Waals surface area (Å²) in [7, 11) is 0. The monoisotopic (exact) mass is 1200 g/mol. The van der Waals surface area contributed by atoms with Crippen LogP contribution in [0.5, 0.6) is 0 Å². The highest BCUT2D eigenvalue weighted by Crippen LogP contribution is 2.33. The van der Waals surface area contributed by atoms with Gasteiger partial charge in [-0.3, -0.25) is 4.79 Å². The fourth-order valence-electron chi connectivity index (χ4n) is 11.5. The average molecular weight is 1200 g/mol. The van der Waals surface area contributed by atoms with Crippen molar-refractivity contribution in [1.82, 2.24) is 5.32 Å². The highest BCUT2D eigenvalue weighted by atomic mass is 16.8. The summed E-state index contributed by atoms with van der Waals surface area (Å²) < 4.78 is 34.3. The van der Waals surface area contributed by atoms with E-state index >= 15 is 0 Å². The number of ether oxygens (including phenoxy) is 6. The third-order valence-electron chi connectivity index (χ3n) is 17.0. The lowest BCUT2D eigenvalue weighted by molar-refractivity contribution is -0.379. The van der Waals surface area contributed by atoms with Crippen molar-refractivity contribution in [3.63, 3.8) is 0 Å². The average Bonchev–Trinajstić information content (AvgIpc) is 3.70. The maximum absolute atomic E-state index is 13.3. The van der Waals surface area contributed by atoms with Crippen molar-refractivity contribution in [3.05, 3.63) is 24.3 Å². The Morgan fingerprint density at radius 2 is 0.774 bits per heavy atom. The first-order chi connectivity index (χ1) is 40.8. The standard InChI is InChI=1S/C65H121NO18/c1-3-5-7-9-11-13-15-16-17-18-19-20-21-22-23-24-25-26-27-28-29-30-31-32-33-34-36-38-40-42-49(70)48(66-53(71)43-41-39-37-35-14-12-10-8-6-4-2)47-79-63-59(77)56(74)61(51(45-68)81-63)84-65-60(78)57(75)62(52(46-69)82-65)83-64-58(76)55(73)54(72)50(44-67)80-64/h8,10,40,42,48-52,54-65,67-70,72-78H,3-7,9,11-39,41,43-47H2,1-2H3,(H,66,71)/b10-8-,42-40+. The molecule has 12 N–H and O–H groups in total. The van der Waals surface area contributed by atoms with Crippen LogP contribution in [0.2, 0.25) is 0 Å². The molecule has 0 radical (unpaired) electrons. The summed E-state index contributed by atoms with van der Waals surface area (Å²) in [6.07, 6.45) is 26.3. The zero-order valence-corrected chi connectivity index (χ0v) is 51.9. The molecule has 0 spiro atoms. The number of carbonyl (C=O) groups is 1. The van der Waals surface area contributed by atoms with Crippen molar-refractivity contribution in [3.8, 4) is 0 Å². The molecule has 0 aromatic heterocycles. The van der Waals surface area contributed by atoms with E-state index in [1.807, 2.05) is 6.08 Å². The summed E-state index contributed by atoms with van der Waals surface area (Å²) in [6.45, 7) is 1.67. The lowest BCUT2D eigenvalue weighted by atomic mass is 9.96. The number of hydrogen-bond acceptors (Lipinski definition) is 18. The number of aliphatic hydroxyl groups is 11. The van der Waals surface area contributed by atoms with E-state index in [-0.39, 0.29) is 18.9 Å². The van der Waals surface area contributed by atoms with E-state index in [0.717, 1.165) is 70.6 Å². The molecule has 84 heavy (non-hydrogen) atoms. The first-order valence-electron chi connectivity index (χ1n) is 33.6. The molecule has 494 valence electrons. The molecule has 19 nitrogen and oxygen atoms in total. The number of aliphatic hydroxyl groups excluding tert-OH is 11. The van der Waals surface area contributed by atoms with E-state index in [4.69, 9.17) is 28.4 Å². The normalized spacial score (nSPS) is 29.3. The number of amides is 1. The van der Waals surface area contributed by atoms with E-state index in [0.29, 0.717) is 6.42 Å². The quantitative estimate of drug-likeness (QED) is 0.0204. The number of hydrogen-bond donors (Lipinski definition) is 12. The summed E-state index contributed by atoms with van der Waals surface area (Å²) in [5, 5.41) is 120. The Kier molecular flexibility index (Phi) is 43.9. The van der Waals surface area contributed by atoms with Gasteiger partial charge in [-0.2, -0.15) is 0 Å². The molecule has 0 saturated carbocycles. The van der Waals surface area contributed by atoms with Gasteiger partial charge in [-0.15, -0.1) is 0 Å². The summed E-state index contributed by atoms with van der Waals surface area (Å²) in [5.41, 5.74) is 0. The van der Waals surface area contributed by atoms with Gasteiger partial charge in [0.1, 0.15) is 73.2 Å². The summed E-state index contributed by atoms with van der Waals surface area (Å²) in [5.74, 6) is -0.286. The van der Waals surface area contributed by atoms with Crippen molar-refractivity contribution in [2.45, 2.75) is 356 Å². The van der Waals surface area contributed by atoms with Crippen LogP contribution in [0.3, 0.4) is 0 Å². The molecular formula is C65H121NO18. The minimum atomic E-state index is -1.98. The summed E-state index contributed by atoms with van der Waals surface area (Å²) in [4.78, 5) is 13.3. The number of carbonyl (C=O) groups excluding carboxylic acids is 1. The Labute approximate surface area is 505 Å². The Morgan fingerprint density at radius 3 is 1.20 bits per heavy atom. The lowest BCUT2D eigenvalue weighted by Gasteiger charge is -2.48. The topological polar surface area (TPSA) is 307 Å². The highest BCUT2D eigenvalue weighted by molar-refractivity contribution is 5.76. The van der Waals surface area contributed by atoms with Gasteiger partial charge < -0.3 is 89.9 Å². The lowest BCUT2D eigenvalue weighted by Crippen LogP contribution is -2.66. The van der Waals surface area contributed by atoms with Crippen molar-refractivity contribution >= 4 is 5.91 Å². The van der Waals surface area contributed by atoms with Crippen LogP contribution in [0.15, 0.2) is 24.3 Å². The second kappa shape index (κ2) is 48.2. The van der Waals surface area contributed by atoms with Crippen molar-refractivity contribution in [2.75, 3.05) is 26.4 Å². The maximum atomic E-state index is 13.3. The van der Waals surface area contributed by atoms with E-state index < -0.39 is 124 Å². The van der Waals surface area contributed by atoms with Crippen LogP contribution in [0, 0.1) is 0 Å². The SMILES string of the molecule is CCC/C=C\CCCCCCCC(=O)NC(COC1OC(CO)C(OC2OC(CO)C(OC3OC(CO)C(O)C(O)C3O)C(O)C2O)C(O)C1O)C(O)/C=C/CCCCCCCCCCCCCCCCCCCCCCCCCCCCC. The third kappa shape index (κ3) is 30.7. The van der Waals surface area contributed by atoms with Crippen LogP contribution < -0.4 is 5.32 Å². The first-order valence-corrected chi connectivity index (χ1v) is 33.6. The second-order valence-corrected chi connectivity index (χ2v) is 24.3. The van der Waals surface area contributed by atoms with Gasteiger partial charge in [0.25, 0.3) is 0 Å². The molecule has 3 aliphatic heterocycles. The molecule has 0 aromatic carbocycles. The minimum Gasteiger partial charge on any atom is -0.394 e. The molecule has 19 heteroatoms. The number of nitrogens with one attached hydrogen (secondary N) is 1. The van der Waals surface area contributed by atoms with Crippen LogP contribution >= 0.6 is 0 Å². The molecule has 17 atom stereocenters. The molecule has 1 amide bonds. The van der Waals surface area contributed by atoms with E-state index in [9.17, 15) is 61.0 Å². The van der Waals surface area contributed by atoms with Crippen LogP contribution in [-0.2, 0) is 33.2 Å². The number of unbranched alkanes of at least 4 members (excludes halogenated alkanes) is 33. The molecule has 3 heterocycles. The Balaban J connectivity index is 1.39. The van der Waals surface area contributed by atoms with Crippen molar-refractivity contribution in [2.24, 2.45) is 0 Å². The zero-order chi connectivity index (χ0) is 61.2. The Hall–Kier alpha value is -1.73. The van der Waals surface area contributed by atoms with Crippen molar-refractivity contribution < 1.29 is 89.4 Å². The maximum Gasteiger partial charge on any atom is 0.220 e. The van der Waals surface area contributed by atoms with Crippen LogP contribution in [0.25, 0.3) is 0 Å². The Morgan fingerprint density at radius 1 is 0.417 bits per heavy atom. The number of rotatable bonds is 51. The van der Waals surface area contributed by atoms with Gasteiger partial charge in [0.15, 0.2) is 18.9 Å². The van der Waals surface area contributed by atoms with E-state index in [2.05, 4.69) is 31.3 Å². The predicted octanol–water partition coefficient (Wildman–Crippen LogP) is 7.88. The van der Waals surface area contributed by atoms with E-state index in [1.165, 1.54) is 154 Å². The fraction of sp³-hybridized carbons (Fsp3) is 0.923. The highest BCUT2D eigenvalue weighted by Gasteiger charge is 2.53. The van der Waals surface area contributed by atoms with Gasteiger partial charge in [0, 0.05) is 6.42 Å². The molecule has 0 bridgehead atoms. The predicted molar refractivity (Wildman–Crippen MR) is 323 cm³/mol. The second-order valence-electron chi connectivity index (χ2n) is 24.3. The molecule has 17 unspecified atom stereocenters. The van der Waals surface area contributed by atoms with Crippen LogP contribution in [-0.4, -0.2) is 193 Å². The molecule has 3 saturated heterocycles. The Bertz CT molecular complexity index is 1630. The van der Waals surface area contributed by atoms with Gasteiger partial charge in [-0.25, -0.2) is 0 Å². The van der Waals surface area contributed by atoms with Crippen LogP contribution in [0.4, 0.5) is 0 Å². The van der Waals surface area contributed by atoms with Gasteiger partial charge >= 0.3 is 0 Å². The zero-order valence-electron chi connectivity index (χ0n) is 51.9.